The third-order valence-electron chi connectivity index (χ3n) is 13.6. The zero-order valence-electron chi connectivity index (χ0n) is 34.9. The number of rotatable bonds is 28. The number of likely N-dealkylation sites (tertiary alicyclic amines) is 1. The van der Waals surface area contributed by atoms with Crippen LogP contribution in [0.2, 0.25) is 0 Å². The molecule has 5 unspecified atom stereocenters. The predicted molar refractivity (Wildman–Crippen MR) is 213 cm³/mol. The topological polar surface area (TPSA) is 113 Å². The summed E-state index contributed by atoms with van der Waals surface area (Å²) in [6.07, 6.45) is 23.8. The summed E-state index contributed by atoms with van der Waals surface area (Å²) >= 11 is 0. The molecule has 1 N–H and O–H groups in total. The van der Waals surface area contributed by atoms with Crippen molar-refractivity contribution in [2.45, 2.75) is 199 Å². The van der Waals surface area contributed by atoms with Crippen LogP contribution < -0.4 is 0 Å². The van der Waals surface area contributed by atoms with Gasteiger partial charge in [-0.1, -0.05) is 78.1 Å². The first-order chi connectivity index (χ1) is 27.0. The number of piperidine rings is 1. The fourth-order valence-corrected chi connectivity index (χ4v) is 10.4. The Morgan fingerprint density at radius 2 is 1.44 bits per heavy atom. The van der Waals surface area contributed by atoms with E-state index in [0.717, 1.165) is 70.6 Å². The van der Waals surface area contributed by atoms with Crippen molar-refractivity contribution in [2.75, 3.05) is 46.1 Å². The Morgan fingerprint density at radius 1 is 0.764 bits per heavy atom. The fraction of sp³-hybridized carbons (Fsp3) is 0.956. The minimum atomic E-state index is -0.394. The normalized spacial score (nSPS) is 30.4. The van der Waals surface area contributed by atoms with E-state index < -0.39 is 6.29 Å². The number of carbonyl (C=O) groups is 2. The average molecular weight is 778 g/mol. The molecule has 10 heteroatoms. The number of hydrogen-bond donors (Lipinski definition) is 1. The van der Waals surface area contributed by atoms with E-state index >= 15 is 0 Å². The van der Waals surface area contributed by atoms with Crippen molar-refractivity contribution < 1.29 is 43.1 Å². The number of ether oxygens (including phenoxy) is 6. The van der Waals surface area contributed by atoms with Crippen LogP contribution in [0.1, 0.15) is 168 Å². The summed E-state index contributed by atoms with van der Waals surface area (Å²) in [5, 5.41) is 9.68. The Morgan fingerprint density at radius 3 is 2.13 bits per heavy atom. The van der Waals surface area contributed by atoms with Crippen LogP contribution in [0.5, 0.6) is 0 Å². The highest BCUT2D eigenvalue weighted by atomic mass is 16.7. The highest BCUT2D eigenvalue weighted by Gasteiger charge is 2.48. The molecule has 2 aliphatic heterocycles. The largest absolute Gasteiger partial charge is 0.464 e. The molecule has 4 aliphatic carbocycles. The molecular weight excluding hydrogens is 698 g/mol. The molecule has 6 aliphatic rings. The monoisotopic (exact) mass is 778 g/mol. The van der Waals surface area contributed by atoms with Crippen molar-refractivity contribution in [2.24, 2.45) is 29.6 Å². The molecule has 0 amide bonds. The lowest BCUT2D eigenvalue weighted by Gasteiger charge is -2.51. The fourth-order valence-electron chi connectivity index (χ4n) is 10.4. The van der Waals surface area contributed by atoms with Crippen molar-refractivity contribution in [3.8, 4) is 0 Å². The van der Waals surface area contributed by atoms with Crippen LogP contribution in [0.4, 0.5) is 0 Å². The van der Waals surface area contributed by atoms with Gasteiger partial charge in [0.05, 0.1) is 31.6 Å². The second kappa shape index (κ2) is 25.2. The van der Waals surface area contributed by atoms with Gasteiger partial charge in [0.2, 0.25) is 0 Å². The van der Waals surface area contributed by atoms with Crippen molar-refractivity contribution in [3.63, 3.8) is 0 Å². The molecule has 0 spiro atoms. The second-order valence-electron chi connectivity index (χ2n) is 17.7. The third kappa shape index (κ3) is 14.8. The van der Waals surface area contributed by atoms with Crippen LogP contribution in [-0.4, -0.2) is 98.9 Å². The Hall–Kier alpha value is -1.30. The lowest BCUT2D eigenvalue weighted by Crippen LogP contribution is -2.57. The minimum absolute atomic E-state index is 0.0559. The molecular formula is C45H79NO9. The van der Waals surface area contributed by atoms with Crippen molar-refractivity contribution >= 4 is 11.9 Å². The van der Waals surface area contributed by atoms with Gasteiger partial charge in [0.25, 0.3) is 0 Å². The number of fused-ring (bicyclic) bond motifs is 4. The summed E-state index contributed by atoms with van der Waals surface area (Å²) in [6.45, 7) is 8.55. The van der Waals surface area contributed by atoms with Gasteiger partial charge in [0.15, 0.2) is 12.6 Å². The van der Waals surface area contributed by atoms with E-state index in [0.29, 0.717) is 50.2 Å². The lowest BCUT2D eigenvalue weighted by molar-refractivity contribution is -0.277. The van der Waals surface area contributed by atoms with Gasteiger partial charge >= 0.3 is 11.9 Å². The number of aliphatic hydroxyl groups is 1. The maximum absolute atomic E-state index is 13.4. The van der Waals surface area contributed by atoms with Crippen LogP contribution in [0.3, 0.4) is 0 Å². The Balaban J connectivity index is 1.07. The van der Waals surface area contributed by atoms with Crippen molar-refractivity contribution in [1.82, 2.24) is 4.90 Å². The molecule has 6 fully saturated rings. The molecule has 2 heterocycles. The molecule has 6 rings (SSSR count). The summed E-state index contributed by atoms with van der Waals surface area (Å²) in [6, 6.07) is -0.0559. The van der Waals surface area contributed by atoms with Gasteiger partial charge in [0, 0.05) is 57.6 Å². The van der Waals surface area contributed by atoms with Gasteiger partial charge in [-0.25, -0.2) is 0 Å². The van der Waals surface area contributed by atoms with E-state index in [9.17, 15) is 14.7 Å². The summed E-state index contributed by atoms with van der Waals surface area (Å²) in [5.74, 6) is 2.03. The Bertz CT molecular complexity index is 1050. The molecule has 318 valence electrons. The third-order valence-corrected chi connectivity index (χ3v) is 13.6. The number of unbranched alkanes of at least 4 members (excludes halogenated alkanes) is 10. The van der Waals surface area contributed by atoms with Gasteiger partial charge in [-0.05, 0) is 82.0 Å². The molecule has 10 nitrogen and oxygen atoms in total. The van der Waals surface area contributed by atoms with Gasteiger partial charge < -0.3 is 33.5 Å². The summed E-state index contributed by atoms with van der Waals surface area (Å²) in [5.41, 5.74) is 0. The first kappa shape index (κ1) is 44.8. The van der Waals surface area contributed by atoms with Crippen LogP contribution in [-0.2, 0) is 38.0 Å². The van der Waals surface area contributed by atoms with E-state index in [2.05, 4.69) is 18.7 Å². The lowest BCUT2D eigenvalue weighted by atomic mass is 9.63. The molecule has 7 atom stereocenters. The zero-order chi connectivity index (χ0) is 38.7. The average Bonchev–Trinajstić information content (AvgIpc) is 3.21. The highest BCUT2D eigenvalue weighted by molar-refractivity contribution is 5.70. The number of carbonyl (C=O) groups excluding carboxylic acids is 2. The molecule has 0 aromatic heterocycles. The van der Waals surface area contributed by atoms with Crippen LogP contribution >= 0.6 is 0 Å². The highest BCUT2D eigenvalue weighted by Crippen LogP contribution is 2.49. The molecule has 4 saturated carbocycles. The van der Waals surface area contributed by atoms with E-state index in [-0.39, 0.29) is 68.5 Å². The van der Waals surface area contributed by atoms with E-state index in [1.807, 2.05) is 0 Å². The molecule has 55 heavy (non-hydrogen) atoms. The molecule has 0 aromatic rings. The van der Waals surface area contributed by atoms with Gasteiger partial charge in [-0.2, -0.15) is 0 Å². The van der Waals surface area contributed by atoms with E-state index in [1.165, 1.54) is 77.0 Å². The zero-order valence-corrected chi connectivity index (χ0v) is 34.9. The maximum atomic E-state index is 13.4. The first-order valence-electron chi connectivity index (χ1n) is 23.2. The van der Waals surface area contributed by atoms with Gasteiger partial charge in [0.1, 0.15) is 12.7 Å². The summed E-state index contributed by atoms with van der Waals surface area (Å²) in [7, 11) is 0. The molecule has 4 bridgehead atoms. The van der Waals surface area contributed by atoms with Crippen LogP contribution in [0.15, 0.2) is 0 Å². The standard InChI is InChI=1S/C45H79NO9/c1-3-5-7-9-11-13-28-50-43(51-29-14-12-10-8-6-4-2)24-23-42(49)54-40-21-16-34-30-37(40)39(46(31-34)26-15-27-47)33-52-41(48)22-25-44-53-32-38-35-17-19-36(20-18-35)45(38)55-44/h34-40,43-45,47H,3-33H2,1-2H3/t34?,35?,36?,37?,38?,39-,40-,44?,45?/m1/s1. The number of aliphatic hydroxyl groups excluding tert-OH is 1. The second-order valence-corrected chi connectivity index (χ2v) is 17.7. The molecule has 2 saturated heterocycles. The minimum Gasteiger partial charge on any atom is -0.464 e. The maximum Gasteiger partial charge on any atom is 0.306 e. The van der Waals surface area contributed by atoms with Crippen LogP contribution in [0.25, 0.3) is 0 Å². The SMILES string of the molecule is CCCCCCCCOC(CCC(=O)O[C@@H]1CCC2CC1[C@@H](COC(=O)CCC1OCC3C4CCC(CC4)C3O1)N(CCCO)C2)OCCCCCCCC. The van der Waals surface area contributed by atoms with Crippen LogP contribution in [0, 0.1) is 29.6 Å². The Labute approximate surface area is 333 Å². The molecule has 0 aromatic carbocycles. The van der Waals surface area contributed by atoms with Gasteiger partial charge in [-0.15, -0.1) is 0 Å². The molecule has 0 radical (unpaired) electrons. The first-order valence-corrected chi connectivity index (χ1v) is 23.2. The van der Waals surface area contributed by atoms with Gasteiger partial charge in [-0.3, -0.25) is 14.5 Å². The van der Waals surface area contributed by atoms with Crippen molar-refractivity contribution in [3.05, 3.63) is 0 Å². The Kier molecular flexibility index (Phi) is 20.6. The quantitative estimate of drug-likeness (QED) is 0.0470. The predicted octanol–water partition coefficient (Wildman–Crippen LogP) is 8.74. The number of hydrogen-bond acceptors (Lipinski definition) is 10. The summed E-state index contributed by atoms with van der Waals surface area (Å²) in [4.78, 5) is 29.0. The number of esters is 2. The van der Waals surface area contributed by atoms with E-state index in [1.54, 1.807) is 0 Å². The van der Waals surface area contributed by atoms with Crippen molar-refractivity contribution in [1.29, 1.82) is 0 Å². The smallest absolute Gasteiger partial charge is 0.306 e. The number of nitrogens with zero attached hydrogens (tertiary/aromatic N) is 1. The van der Waals surface area contributed by atoms with E-state index in [4.69, 9.17) is 28.4 Å². The summed E-state index contributed by atoms with van der Waals surface area (Å²) < 4.78 is 37.2.